The van der Waals surface area contributed by atoms with Crippen molar-refractivity contribution in [3.05, 3.63) is 0 Å². The number of rotatable bonds is 10. The SMILES string of the molecule is CCC1CN(P(N)(=O)OCC2CN(P(N)(=O)OCC3CN(P(N)(=O)O)CCO3)CCO2)CCO1. The van der Waals surface area contributed by atoms with Crippen molar-refractivity contribution < 1.29 is 41.8 Å². The summed E-state index contributed by atoms with van der Waals surface area (Å²) in [5.41, 5.74) is 17.3. The predicted molar refractivity (Wildman–Crippen MR) is 124 cm³/mol. The van der Waals surface area contributed by atoms with E-state index < -0.39 is 35.2 Å². The third kappa shape index (κ3) is 8.11. The molecule has 200 valence electrons. The minimum atomic E-state index is -3.90. The first-order valence-electron chi connectivity index (χ1n) is 11.2. The maximum Gasteiger partial charge on any atom is 0.341 e. The molecule has 34 heavy (non-hydrogen) atoms. The molecule has 0 aromatic carbocycles. The molecule has 3 rings (SSSR count). The van der Waals surface area contributed by atoms with Crippen LogP contribution in [0.5, 0.6) is 0 Å². The normalized spacial score (nSPS) is 33.6. The molecule has 0 saturated carbocycles. The molecule has 0 radical (unpaired) electrons. The van der Waals surface area contributed by atoms with Crippen LogP contribution in [0.15, 0.2) is 0 Å². The summed E-state index contributed by atoms with van der Waals surface area (Å²) in [6.07, 6.45) is -0.449. The van der Waals surface area contributed by atoms with E-state index in [0.29, 0.717) is 19.7 Å². The first kappa shape index (κ1) is 28.8. The van der Waals surface area contributed by atoms with Gasteiger partial charge in [0, 0.05) is 39.3 Å². The number of nitrogens with zero attached hydrogens (tertiary/aromatic N) is 3. The van der Waals surface area contributed by atoms with Gasteiger partial charge in [0.1, 0.15) is 0 Å². The molecule has 18 heteroatoms. The number of hydrogen-bond donors (Lipinski definition) is 4. The van der Waals surface area contributed by atoms with Gasteiger partial charge in [-0.25, -0.2) is 30.5 Å². The second kappa shape index (κ2) is 12.2. The Morgan fingerprint density at radius 2 is 1.15 bits per heavy atom. The van der Waals surface area contributed by atoms with Gasteiger partial charge in [0.15, 0.2) is 0 Å². The van der Waals surface area contributed by atoms with E-state index in [1.54, 1.807) is 4.67 Å². The van der Waals surface area contributed by atoms with Crippen LogP contribution in [0.3, 0.4) is 0 Å². The van der Waals surface area contributed by atoms with Gasteiger partial charge >= 0.3 is 23.0 Å². The summed E-state index contributed by atoms with van der Waals surface area (Å²) in [4.78, 5) is 9.55. The topological polar surface area (TPSA) is 205 Å². The average molecular weight is 550 g/mol. The first-order chi connectivity index (χ1) is 15.9. The fraction of sp³-hybridized carbons (Fsp3) is 1.00. The van der Waals surface area contributed by atoms with Gasteiger partial charge in [-0.2, -0.15) is 0 Å². The van der Waals surface area contributed by atoms with E-state index in [0.717, 1.165) is 6.42 Å². The van der Waals surface area contributed by atoms with Crippen molar-refractivity contribution in [1.82, 2.24) is 14.0 Å². The van der Waals surface area contributed by atoms with Crippen LogP contribution in [0.25, 0.3) is 0 Å². The molecule has 3 saturated heterocycles. The van der Waals surface area contributed by atoms with Crippen molar-refractivity contribution in [2.24, 2.45) is 16.5 Å². The summed E-state index contributed by atoms with van der Waals surface area (Å²) in [7, 11) is -11.2. The minimum absolute atomic E-state index is 0.0506. The highest BCUT2D eigenvalue weighted by Gasteiger charge is 2.38. The summed E-state index contributed by atoms with van der Waals surface area (Å²) in [6.45, 7) is 4.07. The van der Waals surface area contributed by atoms with Gasteiger partial charge in [-0.15, -0.1) is 0 Å². The number of hydrogen-bond acceptors (Lipinski definition) is 8. The van der Waals surface area contributed by atoms with Crippen LogP contribution in [0.2, 0.25) is 0 Å². The van der Waals surface area contributed by atoms with Crippen LogP contribution in [-0.2, 0) is 37.0 Å². The highest BCUT2D eigenvalue weighted by Crippen LogP contribution is 2.46. The summed E-state index contributed by atoms with van der Waals surface area (Å²) in [5.74, 6) is 0. The van der Waals surface area contributed by atoms with Gasteiger partial charge in [0.25, 0.3) is 0 Å². The van der Waals surface area contributed by atoms with Crippen LogP contribution in [-0.4, -0.2) is 110 Å². The Hall–Kier alpha value is 0.210. The molecule has 3 aliphatic rings. The van der Waals surface area contributed by atoms with E-state index >= 15 is 0 Å². The molecule has 6 atom stereocenters. The van der Waals surface area contributed by atoms with E-state index in [1.807, 2.05) is 6.92 Å². The zero-order valence-electron chi connectivity index (χ0n) is 19.3. The zero-order chi connectivity index (χ0) is 25.0. The number of morpholine rings is 3. The molecule has 3 aliphatic heterocycles. The fourth-order valence-corrected chi connectivity index (χ4v) is 7.28. The summed E-state index contributed by atoms with van der Waals surface area (Å²) in [5, 5.41) is 0. The molecule has 0 aromatic rings. The van der Waals surface area contributed by atoms with Gasteiger partial charge in [-0.1, -0.05) is 6.92 Å². The van der Waals surface area contributed by atoms with E-state index in [9.17, 15) is 18.6 Å². The van der Waals surface area contributed by atoms with Crippen LogP contribution in [0.1, 0.15) is 13.3 Å². The Morgan fingerprint density at radius 3 is 1.59 bits per heavy atom. The maximum absolute atomic E-state index is 13.0. The lowest BCUT2D eigenvalue weighted by Crippen LogP contribution is -2.46. The first-order valence-corrected chi connectivity index (χ1v) is 16.2. The standard InChI is InChI=1S/C16H37N6O9P3/c1-2-14-9-21(4-7-27-14)33(18,25)31-13-16-11-22(5-8-29-16)34(19,26)30-12-15-10-20(3-6-28-15)32(17,23)24/h14-16H,2-13H2,1H3,(H2,18,25)(H2,19,26)(H3,17,23,24). The Balaban J connectivity index is 1.48. The second-order valence-corrected chi connectivity index (χ2v) is 14.1. The molecule has 15 nitrogen and oxygen atoms in total. The van der Waals surface area contributed by atoms with Crippen molar-refractivity contribution in [3.8, 4) is 0 Å². The van der Waals surface area contributed by atoms with Gasteiger partial charge in [0.05, 0.1) is 51.3 Å². The number of ether oxygens (including phenoxy) is 3. The predicted octanol–water partition coefficient (Wildman–Crippen LogP) is -0.275. The maximum atomic E-state index is 13.0. The summed E-state index contributed by atoms with van der Waals surface area (Å²) < 4.78 is 69.7. The van der Waals surface area contributed by atoms with Crippen LogP contribution >= 0.6 is 23.0 Å². The lowest BCUT2D eigenvalue weighted by atomic mass is 10.2. The van der Waals surface area contributed by atoms with Gasteiger partial charge in [0.2, 0.25) is 0 Å². The largest absolute Gasteiger partial charge is 0.376 e. The van der Waals surface area contributed by atoms with Crippen LogP contribution in [0.4, 0.5) is 0 Å². The highest BCUT2D eigenvalue weighted by atomic mass is 31.2. The quantitative estimate of drug-likeness (QED) is 0.258. The van der Waals surface area contributed by atoms with E-state index in [-0.39, 0.29) is 58.7 Å². The molecule has 0 spiro atoms. The summed E-state index contributed by atoms with van der Waals surface area (Å²) in [6, 6.07) is 0. The molecule has 0 amide bonds. The zero-order valence-corrected chi connectivity index (χ0v) is 22.0. The molecule has 7 N–H and O–H groups in total. The lowest BCUT2D eigenvalue weighted by Gasteiger charge is -2.38. The van der Waals surface area contributed by atoms with Crippen molar-refractivity contribution in [2.75, 3.05) is 72.3 Å². The van der Waals surface area contributed by atoms with Crippen LogP contribution in [0, 0.1) is 0 Å². The smallest absolute Gasteiger partial charge is 0.341 e. The minimum Gasteiger partial charge on any atom is -0.376 e. The van der Waals surface area contributed by atoms with Crippen molar-refractivity contribution in [1.29, 1.82) is 0 Å². The third-order valence-electron chi connectivity index (χ3n) is 5.89. The molecule has 6 unspecified atom stereocenters. The van der Waals surface area contributed by atoms with E-state index in [1.165, 1.54) is 9.34 Å². The van der Waals surface area contributed by atoms with E-state index in [4.69, 9.17) is 39.8 Å². The fourth-order valence-electron chi connectivity index (χ4n) is 3.87. The molecule has 0 aromatic heterocycles. The summed E-state index contributed by atoms with van der Waals surface area (Å²) >= 11 is 0. The molecule has 0 aliphatic carbocycles. The van der Waals surface area contributed by atoms with Gasteiger partial charge in [-0.05, 0) is 6.42 Å². The average Bonchev–Trinajstić information content (AvgIpc) is 2.81. The second-order valence-electron chi connectivity index (χ2n) is 8.43. The van der Waals surface area contributed by atoms with Gasteiger partial charge in [-0.3, -0.25) is 13.7 Å². The molecular formula is C16H37N6O9P3. The van der Waals surface area contributed by atoms with Crippen LogP contribution < -0.4 is 16.5 Å². The Morgan fingerprint density at radius 1 is 0.765 bits per heavy atom. The van der Waals surface area contributed by atoms with E-state index in [2.05, 4.69) is 0 Å². The molecular weight excluding hydrogens is 513 g/mol. The Bertz CT molecular complexity index is 819. The monoisotopic (exact) mass is 550 g/mol. The Labute approximate surface area is 199 Å². The van der Waals surface area contributed by atoms with Crippen molar-refractivity contribution in [3.63, 3.8) is 0 Å². The van der Waals surface area contributed by atoms with Gasteiger partial charge < -0.3 is 28.2 Å². The molecule has 3 fully saturated rings. The number of nitrogens with two attached hydrogens (primary N) is 3. The van der Waals surface area contributed by atoms with Crippen molar-refractivity contribution in [2.45, 2.75) is 31.7 Å². The highest BCUT2D eigenvalue weighted by molar-refractivity contribution is 7.54. The molecule has 0 bridgehead atoms. The van der Waals surface area contributed by atoms with Crippen molar-refractivity contribution >= 4 is 23.0 Å². The third-order valence-corrected chi connectivity index (χ3v) is 10.4. The lowest BCUT2D eigenvalue weighted by molar-refractivity contribution is -0.0425. The molecule has 3 heterocycles. The Kier molecular flexibility index (Phi) is 10.3.